The smallest absolute Gasteiger partial charge is 0.338 e. The van der Waals surface area contributed by atoms with Crippen LogP contribution in [-0.4, -0.2) is 35.9 Å². The first-order valence-electron chi connectivity index (χ1n) is 14.0. The molecule has 1 aliphatic heterocycles. The molecular formula is C33H35N3O5S. The molecule has 0 aliphatic carbocycles. The lowest BCUT2D eigenvalue weighted by Crippen LogP contribution is -2.40. The average Bonchev–Trinajstić information content (AvgIpc) is 3.45. The van der Waals surface area contributed by atoms with E-state index in [4.69, 9.17) is 19.2 Å². The number of carbonyl (C=O) groups is 1. The molecule has 3 heterocycles. The first-order chi connectivity index (χ1) is 20.4. The molecule has 0 saturated heterocycles. The predicted octanol–water partition coefficient (Wildman–Crippen LogP) is 5.04. The van der Waals surface area contributed by atoms with E-state index in [1.54, 1.807) is 37.8 Å². The quantitative estimate of drug-likeness (QED) is 0.192. The highest BCUT2D eigenvalue weighted by atomic mass is 32.1. The van der Waals surface area contributed by atoms with Gasteiger partial charge in [-0.2, -0.15) is 0 Å². The second-order valence-electron chi connectivity index (χ2n) is 9.94. The number of fused-ring (bicyclic) bond motifs is 2. The third-order valence-corrected chi connectivity index (χ3v) is 8.47. The lowest BCUT2D eigenvalue weighted by Gasteiger charge is -2.27. The van der Waals surface area contributed by atoms with E-state index in [2.05, 4.69) is 30.2 Å². The molecule has 9 heteroatoms. The van der Waals surface area contributed by atoms with Crippen molar-refractivity contribution in [3.63, 3.8) is 0 Å². The molecule has 1 aliphatic rings. The van der Waals surface area contributed by atoms with Gasteiger partial charge in [0.25, 0.3) is 5.56 Å². The van der Waals surface area contributed by atoms with Crippen molar-refractivity contribution in [2.45, 2.75) is 46.2 Å². The van der Waals surface area contributed by atoms with Gasteiger partial charge in [0.2, 0.25) is 0 Å². The zero-order valence-corrected chi connectivity index (χ0v) is 25.4. The van der Waals surface area contributed by atoms with Crippen LogP contribution < -0.4 is 24.4 Å². The molecule has 0 saturated carbocycles. The van der Waals surface area contributed by atoms with Gasteiger partial charge in [0.05, 0.1) is 36.6 Å². The van der Waals surface area contributed by atoms with Crippen LogP contribution in [-0.2, 0) is 16.1 Å². The summed E-state index contributed by atoms with van der Waals surface area (Å²) in [7, 11) is 3.14. The zero-order valence-electron chi connectivity index (χ0n) is 24.6. The monoisotopic (exact) mass is 585 g/mol. The van der Waals surface area contributed by atoms with Crippen LogP contribution >= 0.6 is 11.3 Å². The van der Waals surface area contributed by atoms with E-state index in [-0.39, 0.29) is 12.2 Å². The highest BCUT2D eigenvalue weighted by Gasteiger charge is 2.36. The van der Waals surface area contributed by atoms with Crippen LogP contribution in [0, 0.1) is 6.92 Å². The van der Waals surface area contributed by atoms with E-state index in [0.717, 1.165) is 28.6 Å². The second-order valence-corrected chi connectivity index (χ2v) is 10.9. The van der Waals surface area contributed by atoms with Crippen molar-refractivity contribution >= 4 is 34.3 Å². The molecule has 2 aromatic carbocycles. The first-order valence-corrected chi connectivity index (χ1v) is 14.8. The van der Waals surface area contributed by atoms with Crippen molar-refractivity contribution in [2.24, 2.45) is 4.99 Å². The number of benzene rings is 2. The summed E-state index contributed by atoms with van der Waals surface area (Å²) in [6, 6.07) is 12.7. The van der Waals surface area contributed by atoms with Crippen molar-refractivity contribution in [1.82, 2.24) is 9.13 Å². The van der Waals surface area contributed by atoms with Crippen LogP contribution in [0.4, 0.5) is 0 Å². The molecule has 218 valence electrons. The molecule has 1 atom stereocenters. The molecule has 0 spiro atoms. The Kier molecular flexibility index (Phi) is 8.49. The SMILES string of the molecule is C=CCn1c(C)c(/C=c2\sc3n(c2=O)[C@@H](c2cc(OC)ccc2OC)C(C(=O)OCC)=C(CCC)N=3)c2ccccc21. The number of ether oxygens (including phenoxy) is 3. The van der Waals surface area contributed by atoms with Gasteiger partial charge < -0.3 is 18.8 Å². The summed E-state index contributed by atoms with van der Waals surface area (Å²) in [5.74, 6) is 0.603. The number of thiazole rings is 1. The summed E-state index contributed by atoms with van der Waals surface area (Å²) in [4.78, 5) is 33.3. The zero-order chi connectivity index (χ0) is 30.0. The van der Waals surface area contributed by atoms with E-state index in [1.807, 2.05) is 37.3 Å². The Labute approximate surface area is 248 Å². The minimum absolute atomic E-state index is 0.197. The number of hydrogen-bond donors (Lipinski definition) is 0. The molecule has 0 fully saturated rings. The summed E-state index contributed by atoms with van der Waals surface area (Å²) in [6.07, 6.45) is 5.12. The Bertz CT molecular complexity index is 1890. The molecule has 0 N–H and O–H groups in total. The highest BCUT2D eigenvalue weighted by Crippen LogP contribution is 2.39. The van der Waals surface area contributed by atoms with E-state index in [9.17, 15) is 9.59 Å². The molecular weight excluding hydrogens is 550 g/mol. The molecule has 5 rings (SSSR count). The van der Waals surface area contributed by atoms with Crippen LogP contribution in [0.15, 0.2) is 76.2 Å². The normalized spacial score (nSPS) is 15.0. The van der Waals surface area contributed by atoms with Gasteiger partial charge >= 0.3 is 5.97 Å². The third kappa shape index (κ3) is 4.98. The Balaban J connectivity index is 1.84. The summed E-state index contributed by atoms with van der Waals surface area (Å²) in [6.45, 7) is 10.6. The van der Waals surface area contributed by atoms with Gasteiger partial charge in [0.1, 0.15) is 17.5 Å². The number of aromatic nitrogens is 2. The molecule has 0 amide bonds. The fraction of sp³-hybridized carbons (Fsp3) is 0.303. The number of para-hydroxylation sites is 1. The van der Waals surface area contributed by atoms with Gasteiger partial charge in [-0.25, -0.2) is 9.79 Å². The number of nitrogens with zero attached hydrogens (tertiary/aromatic N) is 3. The number of hydrogen-bond acceptors (Lipinski definition) is 7. The standard InChI is InChI=1S/C33H35N3O5S/c1-7-12-25-29(32(38)41-9-3)30(24-18-21(39-5)15-16-27(24)40-6)36-31(37)28(42-33(36)34-25)19-23-20(4)35(17-8-2)26-14-11-10-13-22(23)26/h8,10-11,13-16,18-19,30H,2,7,9,12,17H2,1,3-6H3/b28-19-/t30-/m0/s1. The fourth-order valence-electron chi connectivity index (χ4n) is 5.60. The summed E-state index contributed by atoms with van der Waals surface area (Å²) >= 11 is 1.32. The topological polar surface area (TPSA) is 84.0 Å². The van der Waals surface area contributed by atoms with Crippen molar-refractivity contribution < 1.29 is 19.0 Å². The lowest BCUT2D eigenvalue weighted by atomic mass is 9.93. The van der Waals surface area contributed by atoms with Gasteiger partial charge in [-0.3, -0.25) is 9.36 Å². The highest BCUT2D eigenvalue weighted by molar-refractivity contribution is 7.07. The van der Waals surface area contributed by atoms with E-state index >= 15 is 0 Å². The van der Waals surface area contributed by atoms with Gasteiger partial charge in [-0.15, -0.1) is 6.58 Å². The minimum Gasteiger partial charge on any atom is -0.497 e. The predicted molar refractivity (Wildman–Crippen MR) is 166 cm³/mol. The molecule has 2 aromatic heterocycles. The maximum absolute atomic E-state index is 14.3. The van der Waals surface area contributed by atoms with Crippen LogP contribution in [0.5, 0.6) is 11.5 Å². The number of rotatable bonds is 10. The molecule has 8 nitrogen and oxygen atoms in total. The van der Waals surface area contributed by atoms with Gasteiger partial charge in [-0.05, 0) is 50.6 Å². The summed E-state index contributed by atoms with van der Waals surface area (Å²) < 4.78 is 21.1. The number of methoxy groups -OCH3 is 2. The molecule has 0 bridgehead atoms. The Hall–Kier alpha value is -4.37. The van der Waals surface area contributed by atoms with Crippen LogP contribution in [0.1, 0.15) is 49.6 Å². The molecule has 4 aromatic rings. The van der Waals surface area contributed by atoms with Gasteiger partial charge in [0.15, 0.2) is 4.80 Å². The van der Waals surface area contributed by atoms with Crippen LogP contribution in [0.2, 0.25) is 0 Å². The van der Waals surface area contributed by atoms with E-state index < -0.39 is 12.0 Å². The number of esters is 1. The molecule has 0 radical (unpaired) electrons. The van der Waals surface area contributed by atoms with Crippen molar-refractivity contribution in [2.75, 3.05) is 20.8 Å². The largest absolute Gasteiger partial charge is 0.497 e. The van der Waals surface area contributed by atoms with Crippen LogP contribution in [0.3, 0.4) is 0 Å². The first kappa shape index (κ1) is 29.1. The number of allylic oxidation sites excluding steroid dienone is 2. The lowest BCUT2D eigenvalue weighted by molar-refractivity contribution is -0.139. The fourth-order valence-corrected chi connectivity index (χ4v) is 6.61. The van der Waals surface area contributed by atoms with Gasteiger partial charge in [-0.1, -0.05) is 49.0 Å². The van der Waals surface area contributed by atoms with Crippen LogP contribution in [0.25, 0.3) is 17.0 Å². The Morgan fingerprint density at radius 1 is 1.14 bits per heavy atom. The third-order valence-electron chi connectivity index (χ3n) is 7.49. The minimum atomic E-state index is -0.808. The van der Waals surface area contributed by atoms with E-state index in [0.29, 0.717) is 50.6 Å². The summed E-state index contributed by atoms with van der Waals surface area (Å²) in [5, 5.41) is 1.05. The van der Waals surface area contributed by atoms with E-state index in [1.165, 1.54) is 11.3 Å². The van der Waals surface area contributed by atoms with Gasteiger partial charge in [0, 0.05) is 34.3 Å². The Morgan fingerprint density at radius 3 is 2.62 bits per heavy atom. The molecule has 42 heavy (non-hydrogen) atoms. The second kappa shape index (κ2) is 12.2. The Morgan fingerprint density at radius 2 is 1.93 bits per heavy atom. The average molecular weight is 586 g/mol. The maximum atomic E-state index is 14.3. The summed E-state index contributed by atoms with van der Waals surface area (Å²) in [5.41, 5.74) is 4.39. The number of carbonyl (C=O) groups excluding carboxylic acids is 1. The molecule has 0 unspecified atom stereocenters. The van der Waals surface area contributed by atoms with Crippen molar-refractivity contribution in [3.05, 3.63) is 103 Å². The van der Waals surface area contributed by atoms with Crippen molar-refractivity contribution in [1.29, 1.82) is 0 Å². The maximum Gasteiger partial charge on any atom is 0.338 e. The van der Waals surface area contributed by atoms with Crippen molar-refractivity contribution in [3.8, 4) is 11.5 Å².